The van der Waals surface area contributed by atoms with Crippen molar-refractivity contribution in [1.29, 1.82) is 0 Å². The number of nitrogens with zero attached hydrogens (tertiary/aromatic N) is 4. The van der Waals surface area contributed by atoms with E-state index in [2.05, 4.69) is 34.5 Å². The monoisotopic (exact) mass is 195 g/mol. The normalized spacial score (nSPS) is 26.9. The molecule has 0 aromatic carbocycles. The molecule has 0 radical (unpaired) electrons. The van der Waals surface area contributed by atoms with E-state index in [9.17, 15) is 4.79 Å². The van der Waals surface area contributed by atoms with E-state index in [1.807, 2.05) is 0 Å². The number of aromatic nitrogens is 4. The van der Waals surface area contributed by atoms with Crippen LogP contribution in [0.3, 0.4) is 0 Å². The summed E-state index contributed by atoms with van der Waals surface area (Å²) in [6, 6.07) is 0. The molecule has 2 heterocycles. The minimum atomic E-state index is -0.130. The van der Waals surface area contributed by atoms with Crippen LogP contribution in [0.5, 0.6) is 0 Å². The zero-order valence-electron chi connectivity index (χ0n) is 8.27. The Hall–Kier alpha value is -1.46. The van der Waals surface area contributed by atoms with Gasteiger partial charge in [-0.3, -0.25) is 4.79 Å². The predicted molar refractivity (Wildman–Crippen MR) is 48.4 cm³/mol. The highest BCUT2D eigenvalue weighted by Crippen LogP contribution is 2.22. The summed E-state index contributed by atoms with van der Waals surface area (Å²) in [4.78, 5) is 13.5. The largest absolute Gasteiger partial charge is 0.335 e. The molecule has 1 amide bonds. The lowest BCUT2D eigenvalue weighted by Gasteiger charge is -2.12. The Balaban J connectivity index is 2.07. The molecule has 76 valence electrons. The van der Waals surface area contributed by atoms with Crippen molar-refractivity contribution < 1.29 is 4.79 Å². The van der Waals surface area contributed by atoms with Crippen LogP contribution < -0.4 is 0 Å². The molecule has 0 saturated carbocycles. The number of H-pyrrole nitrogens is 1. The molecule has 1 fully saturated rings. The van der Waals surface area contributed by atoms with Crippen LogP contribution in [0, 0.1) is 11.8 Å². The van der Waals surface area contributed by atoms with Crippen LogP contribution in [-0.2, 0) is 0 Å². The van der Waals surface area contributed by atoms with Crippen LogP contribution in [0.2, 0.25) is 0 Å². The molecule has 0 bridgehead atoms. The van der Waals surface area contributed by atoms with Crippen LogP contribution in [-0.4, -0.2) is 44.5 Å². The number of carbonyl (C=O) groups is 1. The van der Waals surface area contributed by atoms with Gasteiger partial charge >= 0.3 is 0 Å². The van der Waals surface area contributed by atoms with Crippen molar-refractivity contribution in [2.45, 2.75) is 13.8 Å². The summed E-state index contributed by atoms with van der Waals surface area (Å²) in [7, 11) is 0. The van der Waals surface area contributed by atoms with Gasteiger partial charge in [-0.1, -0.05) is 13.8 Å². The van der Waals surface area contributed by atoms with Crippen molar-refractivity contribution in [3.63, 3.8) is 0 Å². The van der Waals surface area contributed by atoms with E-state index < -0.39 is 0 Å². The zero-order valence-corrected chi connectivity index (χ0v) is 8.27. The lowest BCUT2D eigenvalue weighted by molar-refractivity contribution is 0.0773. The van der Waals surface area contributed by atoms with Crippen LogP contribution in [0.1, 0.15) is 24.5 Å². The molecule has 2 atom stereocenters. The summed E-state index contributed by atoms with van der Waals surface area (Å²) in [6.07, 6.45) is 0. The maximum absolute atomic E-state index is 11.7. The number of rotatable bonds is 1. The fourth-order valence-electron chi connectivity index (χ4n) is 1.69. The minimum Gasteiger partial charge on any atom is -0.335 e. The van der Waals surface area contributed by atoms with Gasteiger partial charge < -0.3 is 4.90 Å². The molecule has 0 spiro atoms. The van der Waals surface area contributed by atoms with Crippen molar-refractivity contribution in [3.8, 4) is 0 Å². The molecule has 1 aliphatic heterocycles. The number of likely N-dealkylation sites (tertiary alicyclic amines) is 1. The van der Waals surface area contributed by atoms with Crippen molar-refractivity contribution in [2.75, 3.05) is 13.1 Å². The van der Waals surface area contributed by atoms with Gasteiger partial charge in [-0.15, -0.1) is 10.2 Å². The Kier molecular flexibility index (Phi) is 2.18. The second-order valence-electron chi connectivity index (χ2n) is 3.90. The Morgan fingerprint density at radius 2 is 2.07 bits per heavy atom. The van der Waals surface area contributed by atoms with Gasteiger partial charge in [0.05, 0.1) is 0 Å². The van der Waals surface area contributed by atoms with Crippen LogP contribution >= 0.6 is 0 Å². The number of tetrazole rings is 1. The Morgan fingerprint density at radius 1 is 1.43 bits per heavy atom. The number of hydrogen-bond acceptors (Lipinski definition) is 4. The molecule has 0 aliphatic carbocycles. The molecule has 1 N–H and O–H groups in total. The van der Waals surface area contributed by atoms with Gasteiger partial charge in [0.1, 0.15) is 0 Å². The summed E-state index contributed by atoms with van der Waals surface area (Å²) in [5.74, 6) is 1.12. The second kappa shape index (κ2) is 3.36. The molecule has 1 aromatic rings. The van der Waals surface area contributed by atoms with E-state index in [0.717, 1.165) is 13.1 Å². The quantitative estimate of drug-likeness (QED) is 0.680. The third-order valence-corrected chi connectivity index (χ3v) is 2.81. The van der Waals surface area contributed by atoms with Crippen LogP contribution in [0.4, 0.5) is 0 Å². The topological polar surface area (TPSA) is 74.8 Å². The predicted octanol–water partition coefficient (Wildman–Crippen LogP) is -0.0723. The van der Waals surface area contributed by atoms with Crippen molar-refractivity contribution in [1.82, 2.24) is 25.5 Å². The summed E-state index contributed by atoms with van der Waals surface area (Å²) in [5, 5.41) is 13.0. The highest BCUT2D eigenvalue weighted by molar-refractivity contribution is 5.90. The molecule has 14 heavy (non-hydrogen) atoms. The maximum atomic E-state index is 11.7. The number of aromatic amines is 1. The van der Waals surface area contributed by atoms with E-state index >= 15 is 0 Å². The zero-order chi connectivity index (χ0) is 10.1. The van der Waals surface area contributed by atoms with Gasteiger partial charge in [0.2, 0.25) is 0 Å². The lowest BCUT2D eigenvalue weighted by Crippen LogP contribution is -2.29. The van der Waals surface area contributed by atoms with Gasteiger partial charge in [0.25, 0.3) is 11.7 Å². The number of amides is 1. The Morgan fingerprint density at radius 3 is 2.57 bits per heavy atom. The molecule has 1 aliphatic rings. The van der Waals surface area contributed by atoms with E-state index in [1.165, 1.54) is 0 Å². The van der Waals surface area contributed by atoms with Gasteiger partial charge in [0, 0.05) is 13.1 Å². The first-order chi connectivity index (χ1) is 6.68. The fourth-order valence-corrected chi connectivity index (χ4v) is 1.69. The maximum Gasteiger partial charge on any atom is 0.295 e. The first-order valence-corrected chi connectivity index (χ1v) is 4.71. The van der Waals surface area contributed by atoms with Gasteiger partial charge in [0.15, 0.2) is 0 Å². The highest BCUT2D eigenvalue weighted by Gasteiger charge is 2.31. The van der Waals surface area contributed by atoms with Crippen LogP contribution in [0.15, 0.2) is 0 Å². The average molecular weight is 195 g/mol. The first kappa shape index (κ1) is 9.11. The fraction of sp³-hybridized carbons (Fsp3) is 0.750. The lowest BCUT2D eigenvalue weighted by atomic mass is 10.0. The molecule has 1 aromatic heterocycles. The number of nitrogens with one attached hydrogen (secondary N) is 1. The summed E-state index contributed by atoms with van der Waals surface area (Å²) >= 11 is 0. The van der Waals surface area contributed by atoms with E-state index in [4.69, 9.17) is 0 Å². The third kappa shape index (κ3) is 1.47. The van der Waals surface area contributed by atoms with Crippen molar-refractivity contribution in [2.24, 2.45) is 11.8 Å². The molecule has 6 nitrogen and oxygen atoms in total. The van der Waals surface area contributed by atoms with Crippen molar-refractivity contribution in [3.05, 3.63) is 5.82 Å². The first-order valence-electron chi connectivity index (χ1n) is 4.71. The second-order valence-corrected chi connectivity index (χ2v) is 3.90. The van der Waals surface area contributed by atoms with E-state index in [-0.39, 0.29) is 11.7 Å². The van der Waals surface area contributed by atoms with E-state index in [0.29, 0.717) is 11.8 Å². The standard InChI is InChI=1S/C8H13N5O/c1-5-3-13(4-6(5)2)8(14)7-9-11-12-10-7/h5-6H,3-4H2,1-2H3,(H,9,10,11,12). The summed E-state index contributed by atoms with van der Waals surface area (Å²) in [6.45, 7) is 5.87. The summed E-state index contributed by atoms with van der Waals surface area (Å²) in [5.41, 5.74) is 0. The Labute approximate surface area is 81.7 Å². The average Bonchev–Trinajstić information content (AvgIpc) is 2.76. The molecule has 6 heteroatoms. The molecule has 2 unspecified atom stereocenters. The molecular weight excluding hydrogens is 182 g/mol. The number of hydrogen-bond donors (Lipinski definition) is 1. The smallest absolute Gasteiger partial charge is 0.295 e. The number of carbonyl (C=O) groups excluding carboxylic acids is 1. The van der Waals surface area contributed by atoms with Gasteiger partial charge in [-0.05, 0) is 17.0 Å². The van der Waals surface area contributed by atoms with Gasteiger partial charge in [-0.2, -0.15) is 5.21 Å². The van der Waals surface area contributed by atoms with Crippen molar-refractivity contribution >= 4 is 5.91 Å². The third-order valence-electron chi connectivity index (χ3n) is 2.81. The van der Waals surface area contributed by atoms with Crippen LogP contribution in [0.25, 0.3) is 0 Å². The molecule has 2 rings (SSSR count). The van der Waals surface area contributed by atoms with E-state index in [1.54, 1.807) is 4.90 Å². The Bertz CT molecular complexity index is 312. The van der Waals surface area contributed by atoms with Gasteiger partial charge in [-0.25, -0.2) is 0 Å². The highest BCUT2D eigenvalue weighted by atomic mass is 16.2. The molecule has 1 saturated heterocycles. The minimum absolute atomic E-state index is 0.130. The molecular formula is C8H13N5O. The summed E-state index contributed by atoms with van der Waals surface area (Å²) < 4.78 is 0. The SMILES string of the molecule is CC1CN(C(=O)c2nn[nH]n2)CC1C.